The molecule has 144 valence electrons. The van der Waals surface area contributed by atoms with Crippen LogP contribution in [-0.2, 0) is 10.1 Å². The highest BCUT2D eigenvalue weighted by atomic mass is 32.2. The fourth-order valence-corrected chi connectivity index (χ4v) is 2.08. The molecule has 0 radical (unpaired) electrons. The van der Waals surface area contributed by atoms with Gasteiger partial charge in [-0.1, -0.05) is 59.3 Å². The van der Waals surface area contributed by atoms with E-state index in [4.69, 9.17) is 13.0 Å². The lowest BCUT2D eigenvalue weighted by Gasteiger charge is -2.07. The van der Waals surface area contributed by atoms with Crippen LogP contribution in [0.1, 0.15) is 72.1 Å². The Bertz CT molecular complexity index is 299. The molecule has 0 aliphatic heterocycles. The fraction of sp³-hybridized carbons (Fsp3) is 1.00. The first kappa shape index (κ1) is 27.7. The normalized spacial score (nSPS) is 10.9. The Balaban J connectivity index is -0.000000578. The summed E-state index contributed by atoms with van der Waals surface area (Å²) < 4.78 is 27.2. The summed E-state index contributed by atoms with van der Waals surface area (Å²) >= 11 is 0. The Hall–Kier alpha value is -0.170. The fourth-order valence-electron chi connectivity index (χ4n) is 2.08. The van der Waals surface area contributed by atoms with E-state index in [2.05, 4.69) is 26.3 Å². The molecule has 0 spiro atoms. The summed E-state index contributed by atoms with van der Waals surface area (Å²) in [6, 6.07) is 0. The maximum absolute atomic E-state index is 9.08. The molecule has 23 heavy (non-hydrogen) atoms. The molecule has 0 aromatic carbocycles. The average Bonchev–Trinajstić information content (AvgIpc) is 2.38. The van der Waals surface area contributed by atoms with E-state index in [1.165, 1.54) is 77.4 Å². The first-order chi connectivity index (χ1) is 10.3. The van der Waals surface area contributed by atoms with Crippen LogP contribution in [0, 0.1) is 0 Å². The van der Waals surface area contributed by atoms with Crippen molar-refractivity contribution >= 4 is 10.1 Å². The summed E-state index contributed by atoms with van der Waals surface area (Å²) in [7, 11) is 0.525. The summed E-state index contributed by atoms with van der Waals surface area (Å²) in [5, 5.41) is 3.54. The molecule has 0 unspecified atom stereocenters. The molecule has 0 aliphatic carbocycles. The predicted molar refractivity (Wildman–Crippen MR) is 100 cm³/mol. The van der Waals surface area contributed by atoms with Gasteiger partial charge in [0.1, 0.15) is 0 Å². The van der Waals surface area contributed by atoms with Gasteiger partial charge < -0.3 is 14.8 Å². The van der Waals surface area contributed by atoms with Gasteiger partial charge in [-0.25, -0.2) is 8.42 Å². The van der Waals surface area contributed by atoms with Crippen LogP contribution >= 0.6 is 0 Å². The van der Waals surface area contributed by atoms with E-state index in [0.29, 0.717) is 6.26 Å². The van der Waals surface area contributed by atoms with Crippen molar-refractivity contribution in [2.24, 2.45) is 0 Å². The van der Waals surface area contributed by atoms with Crippen LogP contribution in [0.2, 0.25) is 0 Å². The number of quaternary nitrogens is 1. The quantitative estimate of drug-likeness (QED) is 0.392. The summed E-state index contributed by atoms with van der Waals surface area (Å²) in [6.07, 6.45) is 13.3. The van der Waals surface area contributed by atoms with E-state index in [9.17, 15) is 0 Å². The molecule has 0 rings (SSSR count). The van der Waals surface area contributed by atoms with E-state index in [0.717, 1.165) is 0 Å². The second-order valence-corrected chi connectivity index (χ2v) is 7.65. The molecule has 0 bridgehead atoms. The van der Waals surface area contributed by atoms with Crippen molar-refractivity contribution in [2.45, 2.75) is 72.1 Å². The van der Waals surface area contributed by atoms with Crippen LogP contribution in [-0.4, -0.2) is 53.0 Å². The lowest BCUT2D eigenvalue weighted by Crippen LogP contribution is -3.05. The molecular formula is C17H42N2O3S. The first-order valence-electron chi connectivity index (χ1n) is 8.68. The van der Waals surface area contributed by atoms with E-state index < -0.39 is 10.1 Å². The molecule has 2 N–H and O–H groups in total. The summed E-state index contributed by atoms with van der Waals surface area (Å²) in [5.74, 6) is 0. The predicted octanol–water partition coefficient (Wildman–Crippen LogP) is 2.05. The Morgan fingerprint density at radius 2 is 1.26 bits per heavy atom. The number of unbranched alkanes of at least 4 members (excludes halogenated alkanes) is 7. The van der Waals surface area contributed by atoms with Crippen molar-refractivity contribution in [2.75, 3.05) is 40.0 Å². The third-order valence-electron chi connectivity index (χ3n) is 3.24. The van der Waals surface area contributed by atoms with Gasteiger partial charge in [-0.2, -0.15) is 0 Å². The molecule has 5 nitrogen and oxygen atoms in total. The monoisotopic (exact) mass is 354 g/mol. The van der Waals surface area contributed by atoms with Crippen LogP contribution < -0.4 is 10.2 Å². The standard InChI is InChI=1S/C15H34N2.CH4O3S.CH4/c1-4-5-6-7-8-9-10-11-13-16-14-12-15-17(2)3;1-5(2,3)4;/h16H,4-15H2,1-3H3;1H3,(H,2,3,4);1H4. The van der Waals surface area contributed by atoms with Gasteiger partial charge >= 0.3 is 0 Å². The lowest BCUT2D eigenvalue weighted by atomic mass is 10.1. The largest absolute Gasteiger partial charge is 0.748 e. The Labute approximate surface area is 146 Å². The third-order valence-corrected chi connectivity index (χ3v) is 3.24. The summed E-state index contributed by atoms with van der Waals surface area (Å²) in [6.45, 7) is 5.98. The van der Waals surface area contributed by atoms with Gasteiger partial charge in [0.25, 0.3) is 0 Å². The highest BCUT2D eigenvalue weighted by Gasteiger charge is 1.94. The van der Waals surface area contributed by atoms with Gasteiger partial charge in [-0.05, 0) is 13.0 Å². The average molecular weight is 355 g/mol. The van der Waals surface area contributed by atoms with Crippen LogP contribution in [0.15, 0.2) is 0 Å². The molecule has 0 saturated heterocycles. The van der Waals surface area contributed by atoms with Gasteiger partial charge in [0.2, 0.25) is 0 Å². The van der Waals surface area contributed by atoms with Crippen LogP contribution in [0.25, 0.3) is 0 Å². The van der Waals surface area contributed by atoms with Crippen molar-refractivity contribution in [1.29, 1.82) is 0 Å². The Kier molecular flexibility index (Phi) is 23.9. The molecule has 0 aromatic heterocycles. The molecule has 0 fully saturated rings. The Morgan fingerprint density at radius 1 is 0.870 bits per heavy atom. The van der Waals surface area contributed by atoms with Crippen molar-refractivity contribution in [3.63, 3.8) is 0 Å². The molecule has 6 heteroatoms. The SMILES string of the molecule is C.CCCCCCCCCCNCCC[NH+](C)C.CS(=O)(=O)[O-]. The van der Waals surface area contributed by atoms with E-state index in [1.54, 1.807) is 4.90 Å². The number of hydrogen-bond acceptors (Lipinski definition) is 4. The van der Waals surface area contributed by atoms with Gasteiger partial charge in [0, 0.05) is 19.2 Å². The van der Waals surface area contributed by atoms with Gasteiger partial charge in [0.15, 0.2) is 0 Å². The number of hydrogen-bond donors (Lipinski definition) is 2. The van der Waals surface area contributed by atoms with Crippen molar-refractivity contribution in [3.05, 3.63) is 0 Å². The smallest absolute Gasteiger partial charge is 0.0916 e. The Morgan fingerprint density at radius 3 is 1.70 bits per heavy atom. The zero-order valence-electron chi connectivity index (χ0n) is 15.1. The second kappa shape index (κ2) is 19.9. The molecule has 0 aromatic rings. The number of rotatable bonds is 13. The highest BCUT2D eigenvalue weighted by Crippen LogP contribution is 2.07. The van der Waals surface area contributed by atoms with Gasteiger partial charge in [0.05, 0.1) is 30.8 Å². The maximum Gasteiger partial charge on any atom is 0.0916 e. The van der Waals surface area contributed by atoms with Crippen LogP contribution in [0.3, 0.4) is 0 Å². The van der Waals surface area contributed by atoms with Crippen LogP contribution in [0.5, 0.6) is 0 Å². The topological polar surface area (TPSA) is 73.7 Å². The molecular weight excluding hydrogens is 312 g/mol. The number of nitrogens with one attached hydrogen (secondary N) is 2. The third kappa shape index (κ3) is 44.9. The minimum absolute atomic E-state index is 0. The van der Waals surface area contributed by atoms with E-state index >= 15 is 0 Å². The van der Waals surface area contributed by atoms with Gasteiger partial charge in [-0.3, -0.25) is 0 Å². The van der Waals surface area contributed by atoms with E-state index in [-0.39, 0.29) is 7.43 Å². The van der Waals surface area contributed by atoms with Crippen molar-refractivity contribution in [1.82, 2.24) is 5.32 Å². The van der Waals surface area contributed by atoms with Gasteiger partial charge in [-0.15, -0.1) is 0 Å². The molecule has 0 aliphatic rings. The summed E-state index contributed by atoms with van der Waals surface area (Å²) in [4.78, 5) is 1.55. The minimum Gasteiger partial charge on any atom is -0.748 e. The molecule has 0 heterocycles. The molecule has 0 atom stereocenters. The molecule has 0 saturated carbocycles. The molecule has 0 amide bonds. The van der Waals surface area contributed by atoms with Crippen molar-refractivity contribution < 1.29 is 17.9 Å². The zero-order chi connectivity index (χ0) is 17.3. The first-order valence-corrected chi connectivity index (χ1v) is 10.5. The maximum atomic E-state index is 9.08. The van der Waals surface area contributed by atoms with Crippen molar-refractivity contribution in [3.8, 4) is 0 Å². The summed E-state index contributed by atoms with van der Waals surface area (Å²) in [5.41, 5.74) is 0. The second-order valence-electron chi connectivity index (χ2n) is 6.24. The lowest BCUT2D eigenvalue weighted by molar-refractivity contribution is -0.858. The van der Waals surface area contributed by atoms with Crippen LogP contribution in [0.4, 0.5) is 0 Å². The minimum atomic E-state index is -3.92. The zero-order valence-corrected chi connectivity index (χ0v) is 15.9. The highest BCUT2D eigenvalue weighted by molar-refractivity contribution is 7.84. The van der Waals surface area contributed by atoms with E-state index in [1.807, 2.05) is 0 Å².